The molecule has 0 aliphatic rings. The Morgan fingerprint density at radius 1 is 1.33 bits per heavy atom. The predicted octanol–water partition coefficient (Wildman–Crippen LogP) is 1.15. The third-order valence-corrected chi connectivity index (χ3v) is 5.52. The summed E-state index contributed by atoms with van der Waals surface area (Å²) in [5.41, 5.74) is 6.40. The number of nitrogens with one attached hydrogen (secondary N) is 2. The molecule has 2 rings (SSSR count). The van der Waals surface area contributed by atoms with Gasteiger partial charge in [0.2, 0.25) is 10.0 Å². The number of nitrogens with two attached hydrogens (primary N) is 1. The van der Waals surface area contributed by atoms with Crippen LogP contribution in [0.4, 0.5) is 5.69 Å². The molecule has 0 aliphatic heterocycles. The minimum Gasteiger partial charge on any atom is -0.397 e. The van der Waals surface area contributed by atoms with Gasteiger partial charge in [0.1, 0.15) is 4.88 Å². The summed E-state index contributed by atoms with van der Waals surface area (Å²) in [5.74, 6) is -0.502. The first kappa shape index (κ1) is 15.7. The molecule has 2 aromatic rings. The Kier molecular flexibility index (Phi) is 4.81. The number of hydrogen-bond acceptors (Lipinski definition) is 5. The maximum atomic E-state index is 12.1. The van der Waals surface area contributed by atoms with Crippen LogP contribution in [0.1, 0.15) is 16.6 Å². The molecule has 4 N–H and O–H groups in total. The van der Waals surface area contributed by atoms with Gasteiger partial charge in [-0.25, -0.2) is 13.1 Å². The standard InChI is InChI=1S/C13H17N3O3S2/c1-2-16-21(18,19)8-7-15-13(17)12-11(14)9-5-3-4-6-10(9)20-12/h3-6,16H,2,7-8,14H2,1H3,(H,15,17). The number of hydrogen-bond donors (Lipinski definition) is 3. The summed E-state index contributed by atoms with van der Waals surface area (Å²) in [6.45, 7) is 2.08. The van der Waals surface area contributed by atoms with Gasteiger partial charge in [-0.15, -0.1) is 11.3 Å². The van der Waals surface area contributed by atoms with Crippen molar-refractivity contribution in [2.45, 2.75) is 6.92 Å². The highest BCUT2D eigenvalue weighted by Crippen LogP contribution is 2.33. The molecular weight excluding hydrogens is 310 g/mol. The molecule has 1 aromatic carbocycles. The molecule has 21 heavy (non-hydrogen) atoms. The molecule has 0 aliphatic carbocycles. The van der Waals surface area contributed by atoms with Crippen molar-refractivity contribution in [3.05, 3.63) is 29.1 Å². The Labute approximate surface area is 127 Å². The summed E-state index contributed by atoms with van der Waals surface area (Å²) in [6, 6.07) is 7.48. The van der Waals surface area contributed by atoms with Crippen LogP contribution in [0.2, 0.25) is 0 Å². The lowest BCUT2D eigenvalue weighted by Gasteiger charge is -2.06. The second kappa shape index (κ2) is 6.42. The van der Waals surface area contributed by atoms with Crippen molar-refractivity contribution in [3.8, 4) is 0 Å². The van der Waals surface area contributed by atoms with Crippen LogP contribution in [0.5, 0.6) is 0 Å². The molecule has 114 valence electrons. The molecular formula is C13H17N3O3S2. The predicted molar refractivity (Wildman–Crippen MR) is 86.0 cm³/mol. The van der Waals surface area contributed by atoms with Gasteiger partial charge in [-0.2, -0.15) is 0 Å². The van der Waals surface area contributed by atoms with Crippen molar-refractivity contribution < 1.29 is 13.2 Å². The fraction of sp³-hybridized carbons (Fsp3) is 0.308. The number of fused-ring (bicyclic) bond motifs is 1. The molecule has 0 atom stereocenters. The second-order valence-corrected chi connectivity index (χ2v) is 7.39. The fourth-order valence-electron chi connectivity index (χ4n) is 1.91. The van der Waals surface area contributed by atoms with Gasteiger partial charge in [0, 0.05) is 23.2 Å². The Balaban J connectivity index is 2.04. The van der Waals surface area contributed by atoms with Gasteiger partial charge in [-0.3, -0.25) is 4.79 Å². The molecule has 0 fully saturated rings. The van der Waals surface area contributed by atoms with E-state index in [1.54, 1.807) is 6.92 Å². The van der Waals surface area contributed by atoms with Crippen LogP contribution in [-0.2, 0) is 10.0 Å². The van der Waals surface area contributed by atoms with E-state index in [0.717, 1.165) is 10.1 Å². The maximum Gasteiger partial charge on any atom is 0.263 e. The fourth-order valence-corrected chi connectivity index (χ4v) is 3.90. The monoisotopic (exact) mass is 327 g/mol. The number of anilines is 1. The number of carbonyl (C=O) groups is 1. The van der Waals surface area contributed by atoms with Crippen LogP contribution in [0.25, 0.3) is 10.1 Å². The van der Waals surface area contributed by atoms with Crippen LogP contribution < -0.4 is 15.8 Å². The Bertz CT molecular complexity index is 753. The molecule has 0 bridgehead atoms. The third kappa shape index (κ3) is 3.72. The van der Waals surface area contributed by atoms with E-state index in [-0.39, 0.29) is 18.2 Å². The van der Waals surface area contributed by atoms with Crippen LogP contribution in [0, 0.1) is 0 Å². The lowest BCUT2D eigenvalue weighted by Crippen LogP contribution is -2.34. The third-order valence-electron chi connectivity index (χ3n) is 2.86. The van der Waals surface area contributed by atoms with Crippen molar-refractivity contribution in [1.29, 1.82) is 0 Å². The van der Waals surface area contributed by atoms with E-state index in [2.05, 4.69) is 10.0 Å². The van der Waals surface area contributed by atoms with Crippen LogP contribution in [-0.4, -0.2) is 33.2 Å². The van der Waals surface area contributed by atoms with E-state index < -0.39 is 10.0 Å². The van der Waals surface area contributed by atoms with Crippen LogP contribution >= 0.6 is 11.3 Å². The van der Waals surface area contributed by atoms with Crippen molar-refractivity contribution in [2.24, 2.45) is 0 Å². The van der Waals surface area contributed by atoms with Gasteiger partial charge in [-0.05, 0) is 6.07 Å². The summed E-state index contributed by atoms with van der Waals surface area (Å²) in [5, 5.41) is 3.43. The summed E-state index contributed by atoms with van der Waals surface area (Å²) in [7, 11) is -3.34. The molecule has 1 aromatic heterocycles. The average molecular weight is 327 g/mol. The van der Waals surface area contributed by atoms with Crippen molar-refractivity contribution in [1.82, 2.24) is 10.0 Å². The highest BCUT2D eigenvalue weighted by molar-refractivity contribution is 7.89. The number of benzene rings is 1. The number of rotatable bonds is 6. The van der Waals surface area contributed by atoms with Crippen molar-refractivity contribution in [2.75, 3.05) is 24.6 Å². The normalized spacial score (nSPS) is 11.7. The SMILES string of the molecule is CCNS(=O)(=O)CCNC(=O)c1sc2ccccc2c1N. The summed E-state index contributed by atoms with van der Waals surface area (Å²) in [6.07, 6.45) is 0. The first-order valence-corrected chi connectivity index (χ1v) is 8.94. The number of thiophene rings is 1. The Morgan fingerprint density at radius 2 is 2.05 bits per heavy atom. The highest BCUT2D eigenvalue weighted by atomic mass is 32.2. The molecule has 0 saturated heterocycles. The van der Waals surface area contributed by atoms with Crippen LogP contribution in [0.15, 0.2) is 24.3 Å². The van der Waals surface area contributed by atoms with Gasteiger partial charge in [0.05, 0.1) is 11.4 Å². The lowest BCUT2D eigenvalue weighted by atomic mass is 10.2. The summed E-state index contributed by atoms with van der Waals surface area (Å²) >= 11 is 1.30. The van der Waals surface area contributed by atoms with E-state index in [1.807, 2.05) is 24.3 Å². The largest absolute Gasteiger partial charge is 0.397 e. The number of nitrogen functional groups attached to an aromatic ring is 1. The zero-order chi connectivity index (χ0) is 15.5. The van der Waals surface area contributed by atoms with Crippen LogP contribution in [0.3, 0.4) is 0 Å². The molecule has 0 saturated carbocycles. The number of amides is 1. The Morgan fingerprint density at radius 3 is 2.71 bits per heavy atom. The molecule has 0 radical (unpaired) electrons. The first-order valence-electron chi connectivity index (χ1n) is 6.47. The molecule has 0 spiro atoms. The molecule has 0 unspecified atom stereocenters. The van der Waals surface area contributed by atoms with Gasteiger partial charge < -0.3 is 11.1 Å². The molecule has 1 amide bonds. The van der Waals surface area contributed by atoms with Gasteiger partial charge in [-0.1, -0.05) is 25.1 Å². The molecule has 6 nitrogen and oxygen atoms in total. The number of sulfonamides is 1. The van der Waals surface area contributed by atoms with E-state index in [4.69, 9.17) is 5.73 Å². The van der Waals surface area contributed by atoms with Gasteiger partial charge in [0.15, 0.2) is 0 Å². The molecule has 1 heterocycles. The topological polar surface area (TPSA) is 101 Å². The second-order valence-electron chi connectivity index (χ2n) is 4.41. The van der Waals surface area contributed by atoms with Gasteiger partial charge >= 0.3 is 0 Å². The smallest absolute Gasteiger partial charge is 0.263 e. The molecule has 8 heteroatoms. The van der Waals surface area contributed by atoms with Crippen molar-refractivity contribution in [3.63, 3.8) is 0 Å². The van der Waals surface area contributed by atoms with Gasteiger partial charge in [0.25, 0.3) is 5.91 Å². The quantitative estimate of drug-likeness (QED) is 0.741. The van der Waals surface area contributed by atoms with E-state index in [0.29, 0.717) is 17.1 Å². The summed E-state index contributed by atoms with van der Waals surface area (Å²) < 4.78 is 26.2. The zero-order valence-corrected chi connectivity index (χ0v) is 13.2. The maximum absolute atomic E-state index is 12.1. The van der Waals surface area contributed by atoms with Crippen molar-refractivity contribution >= 4 is 43.0 Å². The average Bonchev–Trinajstić information content (AvgIpc) is 2.76. The minimum atomic E-state index is -3.34. The van der Waals surface area contributed by atoms with E-state index in [1.165, 1.54) is 11.3 Å². The first-order chi connectivity index (χ1) is 9.94. The lowest BCUT2D eigenvalue weighted by molar-refractivity contribution is 0.0961. The minimum absolute atomic E-state index is 0.0435. The Hall–Kier alpha value is -1.64. The van der Waals surface area contributed by atoms with E-state index >= 15 is 0 Å². The zero-order valence-electron chi connectivity index (χ0n) is 11.5. The van der Waals surface area contributed by atoms with E-state index in [9.17, 15) is 13.2 Å². The number of carbonyl (C=O) groups excluding carboxylic acids is 1. The summed E-state index contributed by atoms with van der Waals surface area (Å²) in [4.78, 5) is 12.5. The highest BCUT2D eigenvalue weighted by Gasteiger charge is 2.16.